The van der Waals surface area contributed by atoms with Crippen molar-refractivity contribution in [3.63, 3.8) is 0 Å². The van der Waals surface area contributed by atoms with Crippen molar-refractivity contribution in [2.45, 2.75) is 63.9 Å². The Kier molecular flexibility index (Phi) is 5.64. The quantitative estimate of drug-likeness (QED) is 0.701. The molecule has 1 atom stereocenters. The fraction of sp³-hybridized carbons (Fsp3) is 1.00. The van der Waals surface area contributed by atoms with Gasteiger partial charge < -0.3 is 10.1 Å². The lowest BCUT2D eigenvalue weighted by Gasteiger charge is -2.22. The predicted molar refractivity (Wildman–Crippen MR) is 67.7 cm³/mol. The lowest BCUT2D eigenvalue weighted by atomic mass is 10.0. The highest BCUT2D eigenvalue weighted by Crippen LogP contribution is 2.23. The summed E-state index contributed by atoms with van der Waals surface area (Å²) < 4.78 is 5.73. The molecule has 2 nitrogen and oxygen atoms in total. The Morgan fingerprint density at radius 1 is 1.00 bits per heavy atom. The second kappa shape index (κ2) is 7.29. The van der Waals surface area contributed by atoms with Gasteiger partial charge in [0.15, 0.2) is 0 Å². The average molecular weight is 225 g/mol. The summed E-state index contributed by atoms with van der Waals surface area (Å²) in [6.07, 6.45) is 12.9. The van der Waals surface area contributed by atoms with Crippen LogP contribution in [-0.2, 0) is 4.74 Å². The molecule has 2 fully saturated rings. The van der Waals surface area contributed by atoms with Crippen LogP contribution < -0.4 is 5.32 Å². The van der Waals surface area contributed by atoms with Crippen molar-refractivity contribution in [3.8, 4) is 0 Å². The third-order valence-electron chi connectivity index (χ3n) is 4.06. The minimum Gasteiger partial charge on any atom is -0.378 e. The summed E-state index contributed by atoms with van der Waals surface area (Å²) >= 11 is 0. The molecule has 0 radical (unpaired) electrons. The van der Waals surface area contributed by atoms with Crippen LogP contribution in [0.4, 0.5) is 0 Å². The van der Waals surface area contributed by atoms with Crippen LogP contribution in [0.15, 0.2) is 0 Å². The maximum absolute atomic E-state index is 5.73. The first-order chi connectivity index (χ1) is 7.95. The Labute approximate surface area is 100 Å². The molecule has 94 valence electrons. The predicted octanol–water partition coefficient (Wildman–Crippen LogP) is 3.12. The van der Waals surface area contributed by atoms with Gasteiger partial charge in [-0.1, -0.05) is 12.8 Å². The van der Waals surface area contributed by atoms with Gasteiger partial charge in [-0.05, 0) is 64.0 Å². The Hall–Kier alpha value is -0.0800. The van der Waals surface area contributed by atoms with Gasteiger partial charge in [0, 0.05) is 6.61 Å². The van der Waals surface area contributed by atoms with Crippen molar-refractivity contribution in [2.75, 3.05) is 19.7 Å². The Bertz CT molecular complexity index is 172. The van der Waals surface area contributed by atoms with E-state index in [0.717, 1.165) is 12.5 Å². The first kappa shape index (κ1) is 12.4. The van der Waals surface area contributed by atoms with Gasteiger partial charge in [-0.3, -0.25) is 0 Å². The first-order valence-corrected chi connectivity index (χ1v) is 7.27. The van der Waals surface area contributed by atoms with E-state index < -0.39 is 0 Å². The fourth-order valence-electron chi connectivity index (χ4n) is 3.01. The van der Waals surface area contributed by atoms with Crippen LogP contribution in [0, 0.1) is 5.92 Å². The molecule has 16 heavy (non-hydrogen) atoms. The molecule has 0 spiro atoms. The highest BCUT2D eigenvalue weighted by molar-refractivity contribution is 4.70. The van der Waals surface area contributed by atoms with Crippen LogP contribution >= 0.6 is 0 Å². The number of ether oxygens (including phenoxy) is 1. The summed E-state index contributed by atoms with van der Waals surface area (Å²) in [6, 6.07) is 0. The molecule has 1 saturated carbocycles. The zero-order valence-corrected chi connectivity index (χ0v) is 10.5. The largest absolute Gasteiger partial charge is 0.378 e. The van der Waals surface area contributed by atoms with Crippen molar-refractivity contribution < 1.29 is 4.74 Å². The van der Waals surface area contributed by atoms with Crippen LogP contribution in [0.1, 0.15) is 57.8 Å². The standard InChI is InChI=1S/C14H27NO/c1-2-7-13(6-1)12-15-10-5-9-14-8-3-4-11-16-14/h13-15H,1-12H2. The normalized spacial score (nSPS) is 27.4. The molecular weight excluding hydrogens is 198 g/mol. The number of hydrogen-bond acceptors (Lipinski definition) is 2. The van der Waals surface area contributed by atoms with Gasteiger partial charge >= 0.3 is 0 Å². The molecule has 1 saturated heterocycles. The van der Waals surface area contributed by atoms with Crippen molar-refractivity contribution in [1.29, 1.82) is 0 Å². The third-order valence-corrected chi connectivity index (χ3v) is 4.06. The van der Waals surface area contributed by atoms with Crippen molar-refractivity contribution in [2.24, 2.45) is 5.92 Å². The Morgan fingerprint density at radius 3 is 2.56 bits per heavy atom. The monoisotopic (exact) mass is 225 g/mol. The highest BCUT2D eigenvalue weighted by atomic mass is 16.5. The number of hydrogen-bond donors (Lipinski definition) is 1. The van der Waals surface area contributed by atoms with Crippen molar-refractivity contribution in [1.82, 2.24) is 5.32 Å². The van der Waals surface area contributed by atoms with E-state index >= 15 is 0 Å². The van der Waals surface area contributed by atoms with E-state index in [1.807, 2.05) is 0 Å². The van der Waals surface area contributed by atoms with Gasteiger partial charge in [-0.2, -0.15) is 0 Å². The van der Waals surface area contributed by atoms with Gasteiger partial charge in [0.05, 0.1) is 6.10 Å². The van der Waals surface area contributed by atoms with Crippen molar-refractivity contribution >= 4 is 0 Å². The summed E-state index contributed by atoms with van der Waals surface area (Å²) in [5, 5.41) is 3.61. The average Bonchev–Trinajstić information content (AvgIpc) is 2.83. The molecule has 2 rings (SSSR count). The molecule has 1 N–H and O–H groups in total. The van der Waals surface area contributed by atoms with Gasteiger partial charge in [-0.15, -0.1) is 0 Å². The maximum Gasteiger partial charge on any atom is 0.0575 e. The van der Waals surface area contributed by atoms with E-state index in [9.17, 15) is 0 Å². The number of rotatable bonds is 6. The third kappa shape index (κ3) is 4.42. The molecule has 0 amide bonds. The van der Waals surface area contributed by atoms with Crippen LogP contribution in [0.5, 0.6) is 0 Å². The molecule has 0 aromatic carbocycles. The van der Waals surface area contributed by atoms with Gasteiger partial charge in [0.25, 0.3) is 0 Å². The summed E-state index contributed by atoms with van der Waals surface area (Å²) in [5.74, 6) is 0.978. The zero-order chi connectivity index (χ0) is 11.1. The topological polar surface area (TPSA) is 21.3 Å². The Morgan fingerprint density at radius 2 is 1.81 bits per heavy atom. The molecule has 0 aromatic heterocycles. The second-order valence-electron chi connectivity index (χ2n) is 5.49. The first-order valence-electron chi connectivity index (χ1n) is 7.27. The van der Waals surface area contributed by atoms with E-state index in [-0.39, 0.29) is 0 Å². The van der Waals surface area contributed by atoms with E-state index in [1.54, 1.807) is 0 Å². The van der Waals surface area contributed by atoms with Crippen LogP contribution in [0.3, 0.4) is 0 Å². The van der Waals surface area contributed by atoms with Gasteiger partial charge in [0.2, 0.25) is 0 Å². The molecule has 1 heterocycles. The summed E-state index contributed by atoms with van der Waals surface area (Å²) in [7, 11) is 0. The molecule has 0 aromatic rings. The van der Waals surface area contributed by atoms with E-state index in [1.165, 1.54) is 70.9 Å². The maximum atomic E-state index is 5.73. The lowest BCUT2D eigenvalue weighted by molar-refractivity contribution is 0.0102. The summed E-state index contributed by atoms with van der Waals surface area (Å²) in [6.45, 7) is 3.45. The smallest absolute Gasteiger partial charge is 0.0575 e. The number of nitrogens with one attached hydrogen (secondary N) is 1. The molecule has 1 aliphatic carbocycles. The summed E-state index contributed by atoms with van der Waals surface area (Å²) in [4.78, 5) is 0. The second-order valence-corrected chi connectivity index (χ2v) is 5.49. The van der Waals surface area contributed by atoms with Crippen LogP contribution in [0.2, 0.25) is 0 Å². The van der Waals surface area contributed by atoms with Crippen molar-refractivity contribution in [3.05, 3.63) is 0 Å². The van der Waals surface area contributed by atoms with E-state index in [2.05, 4.69) is 5.32 Å². The molecule has 2 aliphatic rings. The van der Waals surface area contributed by atoms with Gasteiger partial charge in [-0.25, -0.2) is 0 Å². The molecule has 2 heteroatoms. The molecule has 1 aliphatic heterocycles. The van der Waals surface area contributed by atoms with Crippen LogP contribution in [-0.4, -0.2) is 25.8 Å². The van der Waals surface area contributed by atoms with Gasteiger partial charge in [0.1, 0.15) is 0 Å². The zero-order valence-electron chi connectivity index (χ0n) is 10.5. The fourth-order valence-corrected chi connectivity index (χ4v) is 3.01. The Balaban J connectivity index is 1.42. The van der Waals surface area contributed by atoms with E-state index in [4.69, 9.17) is 4.74 Å². The molecule has 1 unspecified atom stereocenters. The van der Waals surface area contributed by atoms with E-state index in [0.29, 0.717) is 6.10 Å². The minimum atomic E-state index is 0.571. The molecule has 0 bridgehead atoms. The van der Waals surface area contributed by atoms with Crippen LogP contribution in [0.25, 0.3) is 0 Å². The lowest BCUT2D eigenvalue weighted by Crippen LogP contribution is -2.24. The minimum absolute atomic E-state index is 0.571. The SMILES string of the molecule is C1CCC(CCCNCC2CCCC2)OC1. The highest BCUT2D eigenvalue weighted by Gasteiger charge is 2.15. The molecular formula is C14H27NO. The summed E-state index contributed by atoms with van der Waals surface area (Å²) in [5.41, 5.74) is 0.